The first kappa shape index (κ1) is 63.9. The van der Waals surface area contributed by atoms with E-state index in [1.807, 2.05) is 30.9 Å². The molecule has 21 heteroatoms. The number of cyclic esters (lactones) is 1. The van der Waals surface area contributed by atoms with Gasteiger partial charge in [0.05, 0.1) is 53.3 Å². The minimum atomic E-state index is -1.88. The van der Waals surface area contributed by atoms with Crippen LogP contribution in [0.25, 0.3) is 11.1 Å². The Morgan fingerprint density at radius 3 is 2.13 bits per heavy atom. The van der Waals surface area contributed by atoms with Crippen LogP contribution in [0.1, 0.15) is 113 Å². The normalized spacial score (nSPS) is 37.9. The van der Waals surface area contributed by atoms with E-state index < -0.39 is 133 Å². The fourth-order valence-electron chi connectivity index (χ4n) is 11.6. The number of nitrogens with two attached hydrogens (primary N) is 2. The van der Waals surface area contributed by atoms with Gasteiger partial charge >= 0.3 is 5.97 Å². The van der Waals surface area contributed by atoms with Gasteiger partial charge in [-0.1, -0.05) is 57.2 Å². The van der Waals surface area contributed by atoms with Crippen molar-refractivity contribution in [2.24, 2.45) is 34.2 Å². The van der Waals surface area contributed by atoms with Crippen LogP contribution in [0.5, 0.6) is 0 Å². The van der Waals surface area contributed by atoms with Crippen molar-refractivity contribution in [3.05, 3.63) is 54.1 Å². The second kappa shape index (κ2) is 27.0. The number of hydrogen-bond donors (Lipinski definition) is 9. The molecule has 11 N–H and O–H groups in total. The lowest BCUT2D eigenvalue weighted by atomic mass is 9.77. The average molecular weight is 1090 g/mol. The quantitative estimate of drug-likeness (QED) is 0.0661. The number of amides is 1. The predicted octanol–water partition coefficient (Wildman–Crippen LogP) is 3.42. The predicted molar refractivity (Wildman–Crippen MR) is 288 cm³/mol. The number of benzene rings is 2. The van der Waals surface area contributed by atoms with Crippen molar-refractivity contribution in [1.82, 2.24) is 15.1 Å². The maximum atomic E-state index is 14.5. The summed E-state index contributed by atoms with van der Waals surface area (Å²) in [6, 6.07) is 11.6. The molecule has 1 amide bonds. The van der Waals surface area contributed by atoms with E-state index in [9.17, 15) is 44.6 Å². The Hall–Kier alpha value is -3.94. The topological polar surface area (TPSA) is 294 Å². The third-order valence-corrected chi connectivity index (χ3v) is 16.4. The molecule has 2 aromatic carbocycles. The standard InChI is InChI=1S/C56H91FN6O14/c1-14-42-56(10,71)48(67)34(6)63(12)29-30(2)26-54(8,70)50(32(4)47(33(5)51(69)75-42)76-44-27-55(9,72-13)49(68)35(7)74-44)77-52-46(66)41(25-31(3)73-52)62(11)24-23-43(64)61-40(28-57)45(65)38-17-15-36(16-18-38)37-19-21-39(22-20-37)60-53(58)59/h15-22,30-35,40-42,44-50,52,65-68,70-71H,14,23-29H2,1-13H3,(H,61,64)(H4,58,59,60)/t30-,31-,32+,33-,34-,35+,40-,41+,42-,44+,45-,46-,47+,48-,49+,50-,52+,54?,55?,56?/m1/s1. The molecule has 20 atom stereocenters. The molecule has 77 heavy (non-hydrogen) atoms. The summed E-state index contributed by atoms with van der Waals surface area (Å²) in [4.78, 5) is 35.6. The van der Waals surface area contributed by atoms with Crippen molar-refractivity contribution in [1.29, 1.82) is 0 Å². The Morgan fingerprint density at radius 1 is 0.948 bits per heavy atom. The minimum Gasteiger partial charge on any atom is -0.459 e. The lowest BCUT2D eigenvalue weighted by molar-refractivity contribution is -0.318. The van der Waals surface area contributed by atoms with Gasteiger partial charge in [0.1, 0.15) is 42.8 Å². The zero-order valence-electron chi connectivity index (χ0n) is 47.4. The van der Waals surface area contributed by atoms with Crippen LogP contribution >= 0.6 is 0 Å². The van der Waals surface area contributed by atoms with E-state index in [1.54, 1.807) is 104 Å². The van der Waals surface area contributed by atoms with Crippen molar-refractivity contribution < 1.29 is 73.0 Å². The number of aliphatic hydroxyl groups is 6. The van der Waals surface area contributed by atoms with Gasteiger partial charge in [-0.3, -0.25) is 9.59 Å². The molecule has 2 aromatic rings. The van der Waals surface area contributed by atoms with Crippen LogP contribution < -0.4 is 16.8 Å². The van der Waals surface area contributed by atoms with Gasteiger partial charge < -0.3 is 85.6 Å². The first-order chi connectivity index (χ1) is 36.0. The van der Waals surface area contributed by atoms with E-state index in [2.05, 4.69) is 10.3 Å². The number of alkyl halides is 1. The van der Waals surface area contributed by atoms with Crippen LogP contribution in [0.2, 0.25) is 0 Å². The molecule has 3 unspecified atom stereocenters. The molecule has 3 aliphatic rings. The van der Waals surface area contributed by atoms with Gasteiger partial charge in [-0.25, -0.2) is 9.38 Å². The Labute approximate surface area is 454 Å². The molecule has 3 heterocycles. The molecule has 0 aliphatic carbocycles. The molecule has 3 aliphatic heterocycles. The first-order valence-electron chi connectivity index (χ1n) is 27.1. The van der Waals surface area contributed by atoms with E-state index in [0.717, 1.165) is 11.1 Å². The number of carbonyl (C=O) groups excluding carboxylic acids is 2. The lowest BCUT2D eigenvalue weighted by Crippen LogP contribution is -2.61. The van der Waals surface area contributed by atoms with Crippen molar-refractivity contribution in [2.75, 3.05) is 41.0 Å². The highest BCUT2D eigenvalue weighted by atomic mass is 19.1. The van der Waals surface area contributed by atoms with E-state index in [0.29, 0.717) is 24.2 Å². The molecule has 0 aromatic heterocycles. The number of guanidine groups is 1. The molecule has 0 saturated carbocycles. The van der Waals surface area contributed by atoms with Crippen LogP contribution in [0.4, 0.5) is 10.1 Å². The zero-order valence-corrected chi connectivity index (χ0v) is 47.4. The van der Waals surface area contributed by atoms with Gasteiger partial charge in [-0.15, -0.1) is 0 Å². The monoisotopic (exact) mass is 1090 g/mol. The number of aliphatic imine (C=N–C) groups is 1. The zero-order chi connectivity index (χ0) is 57.5. The van der Waals surface area contributed by atoms with Crippen LogP contribution in [-0.2, 0) is 38.0 Å². The Kier molecular flexibility index (Phi) is 22.4. The molecule has 3 saturated heterocycles. The van der Waals surface area contributed by atoms with Crippen LogP contribution in [0, 0.1) is 17.8 Å². The molecule has 0 bridgehead atoms. The number of halogens is 1. The second-order valence-electron chi connectivity index (χ2n) is 22.9. The van der Waals surface area contributed by atoms with Gasteiger partial charge in [-0.2, -0.15) is 0 Å². The van der Waals surface area contributed by atoms with E-state index in [4.69, 9.17) is 39.9 Å². The molecular weight excluding hydrogens is 1000 g/mol. The van der Waals surface area contributed by atoms with Crippen molar-refractivity contribution >= 4 is 23.5 Å². The highest BCUT2D eigenvalue weighted by Crippen LogP contribution is 2.40. The Morgan fingerprint density at radius 2 is 1.56 bits per heavy atom. The van der Waals surface area contributed by atoms with Crippen LogP contribution in [-0.4, -0.2) is 196 Å². The minimum absolute atomic E-state index is 0.0549. The van der Waals surface area contributed by atoms with Gasteiger partial charge in [0.15, 0.2) is 18.5 Å². The summed E-state index contributed by atoms with van der Waals surface area (Å²) in [5.74, 6) is -3.62. The third-order valence-electron chi connectivity index (χ3n) is 16.4. The number of rotatable bonds is 16. The number of nitrogens with one attached hydrogen (secondary N) is 1. The molecule has 0 spiro atoms. The maximum Gasteiger partial charge on any atom is 0.311 e. The summed E-state index contributed by atoms with van der Waals surface area (Å²) in [7, 11) is 5.01. The molecule has 3 fully saturated rings. The summed E-state index contributed by atoms with van der Waals surface area (Å²) in [5.41, 5.74) is 8.95. The summed E-state index contributed by atoms with van der Waals surface area (Å²) < 4.78 is 52.6. The number of methoxy groups -OCH3 is 1. The molecule has 0 radical (unpaired) electrons. The lowest BCUT2D eigenvalue weighted by Gasteiger charge is -2.49. The fraction of sp³-hybridized carbons (Fsp3) is 0.732. The Balaban J connectivity index is 1.38. The summed E-state index contributed by atoms with van der Waals surface area (Å²) in [6.07, 6.45) is -11.7. The van der Waals surface area contributed by atoms with Crippen LogP contribution in [0.3, 0.4) is 0 Å². The SMILES string of the molecule is CC[C@H]1OC(=O)[C@H](C)[C@@H](O[C@H]2CC(C)(OC)[C@@H](O)[C@H](C)O2)[C@H](C)[C@@H](O[C@@H]2O[C@H](C)C[C@H](N(C)CCC(=O)N[C@H](CF)[C@H](O)c3ccc(-c4ccc(N=C(N)N)cc4)cc3)[C@H]2O)C(C)(O)C[C@@H](C)CN(C)[C@H](C)[C@@H](O)C1(C)O. The summed E-state index contributed by atoms with van der Waals surface area (Å²) in [6.45, 7) is 16.5. The largest absolute Gasteiger partial charge is 0.459 e. The van der Waals surface area contributed by atoms with Crippen molar-refractivity contribution in [2.45, 2.75) is 204 Å². The Bertz CT molecular complexity index is 2230. The smallest absolute Gasteiger partial charge is 0.311 e. The maximum absolute atomic E-state index is 14.5. The average Bonchev–Trinajstić information content (AvgIpc) is 3.37. The van der Waals surface area contributed by atoms with E-state index >= 15 is 0 Å². The molecule has 436 valence electrons. The third kappa shape index (κ3) is 15.7. The number of aliphatic hydroxyl groups excluding tert-OH is 4. The summed E-state index contributed by atoms with van der Waals surface area (Å²) >= 11 is 0. The van der Waals surface area contributed by atoms with Gasteiger partial charge in [0.25, 0.3) is 0 Å². The van der Waals surface area contributed by atoms with Crippen molar-refractivity contribution in [3.63, 3.8) is 0 Å². The number of carbonyl (C=O) groups is 2. The van der Waals surface area contributed by atoms with E-state index in [-0.39, 0.29) is 44.1 Å². The fourth-order valence-corrected chi connectivity index (χ4v) is 11.6. The van der Waals surface area contributed by atoms with E-state index in [1.165, 1.54) is 14.0 Å². The van der Waals surface area contributed by atoms with Crippen molar-refractivity contribution in [3.8, 4) is 11.1 Å². The first-order valence-corrected chi connectivity index (χ1v) is 27.1. The highest BCUT2D eigenvalue weighted by Gasteiger charge is 2.53. The van der Waals surface area contributed by atoms with Crippen LogP contribution in [0.15, 0.2) is 53.5 Å². The molecular formula is C56H91FN6O14. The highest BCUT2D eigenvalue weighted by molar-refractivity contribution is 5.79. The summed E-state index contributed by atoms with van der Waals surface area (Å²) in [5, 5.41) is 73.5. The number of likely N-dealkylation sites (N-methyl/N-ethyl adjacent to an activating group) is 2. The number of nitrogens with zero attached hydrogens (tertiary/aromatic N) is 3. The molecule has 20 nitrogen and oxygen atoms in total. The van der Waals surface area contributed by atoms with Gasteiger partial charge in [-0.05, 0) is 117 Å². The molecule has 5 rings (SSSR count). The number of hydrogen-bond acceptors (Lipinski definition) is 17. The van der Waals surface area contributed by atoms with Gasteiger partial charge in [0.2, 0.25) is 5.91 Å². The van der Waals surface area contributed by atoms with Gasteiger partial charge in [0, 0.05) is 51.0 Å². The second-order valence-corrected chi connectivity index (χ2v) is 22.9. The number of esters is 1. The number of ether oxygens (including phenoxy) is 6.